The molecule has 0 spiro atoms. The summed E-state index contributed by atoms with van der Waals surface area (Å²) in [5, 5.41) is 0. The molecule has 0 N–H and O–H groups in total. The van der Waals surface area contributed by atoms with Crippen molar-refractivity contribution < 1.29 is 28.2 Å². The summed E-state index contributed by atoms with van der Waals surface area (Å²) >= 11 is 0. The maximum Gasteiger partial charge on any atom is 0.338 e. The molecular weight excluding hydrogens is 519 g/mol. The molecular formula is C35H33FO5. The Kier molecular flexibility index (Phi) is 8.72. The monoisotopic (exact) mass is 552 g/mol. The molecule has 0 atom stereocenters. The van der Waals surface area contributed by atoms with E-state index in [0.717, 1.165) is 16.7 Å². The molecule has 6 heteroatoms. The Morgan fingerprint density at radius 3 is 1.83 bits per heavy atom. The van der Waals surface area contributed by atoms with Gasteiger partial charge in [0.25, 0.3) is 0 Å². The fourth-order valence-electron chi connectivity index (χ4n) is 3.96. The second-order valence-corrected chi connectivity index (χ2v) is 10.9. The molecule has 4 aromatic rings. The summed E-state index contributed by atoms with van der Waals surface area (Å²) in [4.78, 5) is 23.8. The molecule has 0 amide bonds. The third-order valence-electron chi connectivity index (χ3n) is 6.35. The van der Waals surface area contributed by atoms with Gasteiger partial charge >= 0.3 is 11.9 Å². The highest BCUT2D eigenvalue weighted by atomic mass is 19.1. The minimum absolute atomic E-state index is 0.209. The number of hydrogen-bond donors (Lipinski definition) is 0. The van der Waals surface area contributed by atoms with Gasteiger partial charge in [-0.1, -0.05) is 49.0 Å². The Morgan fingerprint density at radius 2 is 1.29 bits per heavy atom. The van der Waals surface area contributed by atoms with Crippen molar-refractivity contribution in [3.8, 4) is 39.5 Å². The first-order valence-electron chi connectivity index (χ1n) is 13.2. The Hall–Kier alpha value is -4.71. The molecule has 0 aliphatic heterocycles. The normalized spacial score (nSPS) is 11.1. The molecule has 0 heterocycles. The highest BCUT2D eigenvalue weighted by Crippen LogP contribution is 2.30. The summed E-state index contributed by atoms with van der Waals surface area (Å²) in [6, 6.07) is 24.8. The first-order chi connectivity index (χ1) is 19.4. The fraction of sp³-hybridized carbons (Fsp3) is 0.200. The van der Waals surface area contributed by atoms with E-state index in [1.807, 2.05) is 43.3 Å². The van der Waals surface area contributed by atoms with E-state index in [2.05, 4.69) is 6.58 Å². The summed E-state index contributed by atoms with van der Waals surface area (Å²) < 4.78 is 31.6. The molecule has 0 bridgehead atoms. The SMILES string of the molecule is C=C(C)C(=O)Oc1ccc(-c2ccc(OCc3ccc(-c4ccc(OC(=O)C(C)(C)C)cc4)c(F)c3)cc2C)cc1. The molecule has 5 nitrogen and oxygen atoms in total. The third kappa shape index (κ3) is 7.48. The van der Waals surface area contributed by atoms with Gasteiger partial charge in [0.2, 0.25) is 0 Å². The van der Waals surface area contributed by atoms with Crippen molar-refractivity contribution in [1.29, 1.82) is 0 Å². The molecule has 0 aromatic heterocycles. The number of rotatable bonds is 8. The van der Waals surface area contributed by atoms with Gasteiger partial charge in [0.1, 0.15) is 29.7 Å². The van der Waals surface area contributed by atoms with Crippen molar-refractivity contribution in [1.82, 2.24) is 0 Å². The zero-order chi connectivity index (χ0) is 29.7. The van der Waals surface area contributed by atoms with Gasteiger partial charge < -0.3 is 14.2 Å². The number of carbonyl (C=O) groups excluding carboxylic acids is 2. The van der Waals surface area contributed by atoms with Gasteiger partial charge in [-0.05, 0) is 105 Å². The predicted molar refractivity (Wildman–Crippen MR) is 158 cm³/mol. The van der Waals surface area contributed by atoms with Crippen LogP contribution >= 0.6 is 0 Å². The van der Waals surface area contributed by atoms with E-state index in [9.17, 15) is 14.0 Å². The lowest BCUT2D eigenvalue weighted by atomic mass is 9.97. The lowest BCUT2D eigenvalue weighted by Crippen LogP contribution is -2.25. The van der Waals surface area contributed by atoms with Crippen LogP contribution < -0.4 is 14.2 Å². The number of esters is 2. The molecule has 4 aromatic carbocycles. The second-order valence-electron chi connectivity index (χ2n) is 10.9. The van der Waals surface area contributed by atoms with Crippen LogP contribution in [0.2, 0.25) is 0 Å². The smallest absolute Gasteiger partial charge is 0.338 e. The maximum absolute atomic E-state index is 15.0. The van der Waals surface area contributed by atoms with Gasteiger partial charge in [0.05, 0.1) is 5.41 Å². The molecule has 0 saturated carbocycles. The molecule has 210 valence electrons. The van der Waals surface area contributed by atoms with E-state index in [1.165, 1.54) is 6.07 Å². The Bertz CT molecular complexity index is 1580. The average Bonchev–Trinajstić information content (AvgIpc) is 2.92. The summed E-state index contributed by atoms with van der Waals surface area (Å²) in [5.74, 6) is 0.387. The van der Waals surface area contributed by atoms with E-state index < -0.39 is 11.4 Å². The lowest BCUT2D eigenvalue weighted by Gasteiger charge is -2.16. The Morgan fingerprint density at radius 1 is 0.756 bits per heavy atom. The number of ether oxygens (including phenoxy) is 3. The van der Waals surface area contributed by atoms with E-state index in [4.69, 9.17) is 14.2 Å². The molecule has 0 aliphatic rings. The van der Waals surface area contributed by atoms with Crippen molar-refractivity contribution in [2.75, 3.05) is 0 Å². The van der Waals surface area contributed by atoms with Crippen molar-refractivity contribution in [3.63, 3.8) is 0 Å². The largest absolute Gasteiger partial charge is 0.489 e. The summed E-state index contributed by atoms with van der Waals surface area (Å²) in [6.07, 6.45) is 0. The number of benzene rings is 4. The molecule has 0 radical (unpaired) electrons. The Balaban J connectivity index is 1.38. The quantitative estimate of drug-likeness (QED) is 0.125. The molecule has 41 heavy (non-hydrogen) atoms. The van der Waals surface area contributed by atoms with Gasteiger partial charge in [-0.15, -0.1) is 0 Å². The van der Waals surface area contributed by atoms with E-state index in [0.29, 0.717) is 39.5 Å². The van der Waals surface area contributed by atoms with Crippen LogP contribution in [0.25, 0.3) is 22.3 Å². The van der Waals surface area contributed by atoms with Crippen molar-refractivity contribution >= 4 is 11.9 Å². The minimum Gasteiger partial charge on any atom is -0.489 e. The lowest BCUT2D eigenvalue weighted by molar-refractivity contribution is -0.143. The summed E-state index contributed by atoms with van der Waals surface area (Å²) in [5.41, 5.74) is 4.55. The van der Waals surface area contributed by atoms with Crippen LogP contribution in [-0.2, 0) is 16.2 Å². The number of aryl methyl sites for hydroxylation is 1. The first kappa shape index (κ1) is 29.3. The standard InChI is InChI=1S/C35H33FO5/c1-22(2)33(37)40-27-12-8-25(9-13-27)30-18-16-29(19-23(30)3)39-21-24-7-17-31(32(36)20-24)26-10-14-28(15-11-26)41-34(38)35(4,5)6/h7-20H,1,21H2,2-6H3. The summed E-state index contributed by atoms with van der Waals surface area (Å²) in [7, 11) is 0. The molecule has 4 rings (SSSR count). The topological polar surface area (TPSA) is 61.8 Å². The number of hydrogen-bond acceptors (Lipinski definition) is 5. The van der Waals surface area contributed by atoms with Crippen LogP contribution in [0.3, 0.4) is 0 Å². The van der Waals surface area contributed by atoms with Crippen molar-refractivity contribution in [2.24, 2.45) is 5.41 Å². The average molecular weight is 553 g/mol. The van der Waals surface area contributed by atoms with Crippen molar-refractivity contribution in [2.45, 2.75) is 41.2 Å². The highest BCUT2D eigenvalue weighted by molar-refractivity contribution is 5.88. The van der Waals surface area contributed by atoms with Gasteiger partial charge in [0.15, 0.2) is 0 Å². The molecule has 0 fully saturated rings. The highest BCUT2D eigenvalue weighted by Gasteiger charge is 2.23. The molecule has 0 aliphatic carbocycles. The van der Waals surface area contributed by atoms with Gasteiger partial charge in [0, 0.05) is 11.1 Å². The van der Waals surface area contributed by atoms with Crippen LogP contribution in [0.1, 0.15) is 38.8 Å². The van der Waals surface area contributed by atoms with Crippen LogP contribution in [0.15, 0.2) is 97.1 Å². The van der Waals surface area contributed by atoms with Crippen LogP contribution in [0, 0.1) is 18.2 Å². The predicted octanol–water partition coefficient (Wildman–Crippen LogP) is 8.48. The van der Waals surface area contributed by atoms with E-state index >= 15 is 0 Å². The van der Waals surface area contributed by atoms with Crippen LogP contribution in [0.4, 0.5) is 4.39 Å². The fourth-order valence-corrected chi connectivity index (χ4v) is 3.96. The zero-order valence-electron chi connectivity index (χ0n) is 23.9. The van der Waals surface area contributed by atoms with E-state index in [1.54, 1.807) is 70.2 Å². The van der Waals surface area contributed by atoms with Crippen LogP contribution in [-0.4, -0.2) is 11.9 Å². The maximum atomic E-state index is 15.0. The van der Waals surface area contributed by atoms with E-state index in [-0.39, 0.29) is 18.4 Å². The molecule has 0 saturated heterocycles. The summed E-state index contributed by atoms with van der Waals surface area (Å²) in [6.45, 7) is 12.7. The zero-order valence-corrected chi connectivity index (χ0v) is 23.9. The number of carbonyl (C=O) groups is 2. The Labute approximate surface area is 240 Å². The number of halogens is 1. The third-order valence-corrected chi connectivity index (χ3v) is 6.35. The molecule has 0 unspecified atom stereocenters. The van der Waals surface area contributed by atoms with Crippen molar-refractivity contribution in [3.05, 3.63) is 114 Å². The van der Waals surface area contributed by atoms with Gasteiger partial charge in [-0.25, -0.2) is 9.18 Å². The van der Waals surface area contributed by atoms with Gasteiger partial charge in [-0.2, -0.15) is 0 Å². The van der Waals surface area contributed by atoms with Crippen LogP contribution in [0.5, 0.6) is 17.2 Å². The minimum atomic E-state index is -0.611. The first-order valence-corrected chi connectivity index (χ1v) is 13.2. The second kappa shape index (κ2) is 12.2. The van der Waals surface area contributed by atoms with Gasteiger partial charge in [-0.3, -0.25) is 4.79 Å².